The van der Waals surface area contributed by atoms with Crippen molar-refractivity contribution in [3.63, 3.8) is 0 Å². The molecule has 2 aromatic carbocycles. The lowest BCUT2D eigenvalue weighted by molar-refractivity contribution is 0.468. The summed E-state index contributed by atoms with van der Waals surface area (Å²) in [6.07, 6.45) is 0.550. The van der Waals surface area contributed by atoms with E-state index in [0.29, 0.717) is 12.1 Å². The molecular formula is C20H20N2O2. The number of nitrogens with zero attached hydrogens (tertiary/aromatic N) is 1. The number of benzene rings is 2. The minimum atomic E-state index is -0.309. The smallest absolute Gasteiger partial charge is 0.252 e. The monoisotopic (exact) mass is 320 g/mol. The maximum atomic E-state index is 11.8. The molecule has 0 spiro atoms. The summed E-state index contributed by atoms with van der Waals surface area (Å²) in [4.78, 5) is 16.7. The van der Waals surface area contributed by atoms with Gasteiger partial charge in [0.1, 0.15) is 5.75 Å². The van der Waals surface area contributed by atoms with Gasteiger partial charge in [0.15, 0.2) is 0 Å². The zero-order valence-electron chi connectivity index (χ0n) is 13.8. The predicted octanol–water partition coefficient (Wildman–Crippen LogP) is 3.40. The summed E-state index contributed by atoms with van der Waals surface area (Å²) in [7, 11) is 3.96. The Balaban J connectivity index is 2.07. The van der Waals surface area contributed by atoms with Crippen LogP contribution in [-0.2, 0) is 6.42 Å². The second-order valence-electron chi connectivity index (χ2n) is 5.98. The average Bonchev–Trinajstić information content (AvgIpc) is 2.58. The third kappa shape index (κ3) is 3.33. The third-order valence-electron chi connectivity index (χ3n) is 4.02. The molecule has 0 atom stereocenters. The van der Waals surface area contributed by atoms with Crippen LogP contribution in [-0.4, -0.2) is 24.2 Å². The number of rotatable bonds is 4. The van der Waals surface area contributed by atoms with Crippen LogP contribution in [0.1, 0.15) is 11.1 Å². The number of hydrogen-bond acceptors (Lipinski definition) is 3. The summed E-state index contributed by atoms with van der Waals surface area (Å²) in [5.74, 6) is 0.0225. The second kappa shape index (κ2) is 6.62. The van der Waals surface area contributed by atoms with E-state index < -0.39 is 0 Å². The van der Waals surface area contributed by atoms with Crippen molar-refractivity contribution in [3.05, 3.63) is 82.1 Å². The van der Waals surface area contributed by atoms with E-state index in [1.165, 1.54) is 6.07 Å². The summed E-state index contributed by atoms with van der Waals surface area (Å²) in [6, 6.07) is 19.0. The Morgan fingerprint density at radius 1 is 1.00 bits per heavy atom. The van der Waals surface area contributed by atoms with Crippen molar-refractivity contribution in [1.29, 1.82) is 0 Å². The molecule has 2 N–H and O–H groups in total. The molecule has 122 valence electrons. The number of H-pyrrole nitrogens is 1. The van der Waals surface area contributed by atoms with Gasteiger partial charge in [-0.3, -0.25) is 4.79 Å². The Labute approximate surface area is 141 Å². The third-order valence-corrected chi connectivity index (χ3v) is 4.02. The maximum Gasteiger partial charge on any atom is 0.252 e. The maximum absolute atomic E-state index is 11.8. The van der Waals surface area contributed by atoms with E-state index in [1.54, 1.807) is 0 Å². The molecule has 0 amide bonds. The molecule has 0 saturated carbocycles. The molecule has 4 heteroatoms. The van der Waals surface area contributed by atoms with Gasteiger partial charge in [-0.05, 0) is 23.3 Å². The molecule has 0 aliphatic rings. The molecule has 0 aliphatic heterocycles. The van der Waals surface area contributed by atoms with Crippen LogP contribution in [0.2, 0.25) is 0 Å². The van der Waals surface area contributed by atoms with Crippen LogP contribution < -0.4 is 10.5 Å². The highest BCUT2D eigenvalue weighted by atomic mass is 16.3. The molecule has 0 radical (unpaired) electrons. The number of nitrogens with one attached hydrogen (secondary N) is 1. The van der Waals surface area contributed by atoms with Crippen molar-refractivity contribution >= 4 is 5.69 Å². The Bertz CT molecular complexity index is 882. The normalized spacial score (nSPS) is 10.6. The first kappa shape index (κ1) is 15.9. The summed E-state index contributed by atoms with van der Waals surface area (Å²) in [5, 5.41) is 10.3. The fourth-order valence-corrected chi connectivity index (χ4v) is 2.73. The minimum absolute atomic E-state index is 0.0225. The fourth-order valence-electron chi connectivity index (χ4n) is 2.73. The van der Waals surface area contributed by atoms with E-state index in [2.05, 4.69) is 4.98 Å². The average molecular weight is 320 g/mol. The number of hydrogen-bond donors (Lipinski definition) is 2. The van der Waals surface area contributed by atoms with Crippen molar-refractivity contribution in [3.8, 4) is 17.0 Å². The predicted molar refractivity (Wildman–Crippen MR) is 97.7 cm³/mol. The highest BCUT2D eigenvalue weighted by Gasteiger charge is 2.13. The van der Waals surface area contributed by atoms with Crippen molar-refractivity contribution in [2.45, 2.75) is 6.42 Å². The van der Waals surface area contributed by atoms with Gasteiger partial charge < -0.3 is 15.0 Å². The highest BCUT2D eigenvalue weighted by Crippen LogP contribution is 2.30. The van der Waals surface area contributed by atoms with Crippen molar-refractivity contribution in [2.24, 2.45) is 0 Å². The van der Waals surface area contributed by atoms with Gasteiger partial charge in [0.25, 0.3) is 5.56 Å². The van der Waals surface area contributed by atoms with Crippen LogP contribution in [0, 0.1) is 0 Å². The number of anilines is 1. The second-order valence-corrected chi connectivity index (χ2v) is 5.98. The van der Waals surface area contributed by atoms with E-state index in [4.69, 9.17) is 0 Å². The molecule has 1 heterocycles. The highest BCUT2D eigenvalue weighted by molar-refractivity contribution is 5.68. The van der Waals surface area contributed by atoms with Crippen LogP contribution in [0.25, 0.3) is 11.3 Å². The number of aromatic nitrogens is 1. The van der Waals surface area contributed by atoms with Crippen LogP contribution in [0.5, 0.6) is 5.75 Å². The fraction of sp³-hybridized carbons (Fsp3) is 0.150. The van der Waals surface area contributed by atoms with E-state index in [0.717, 1.165) is 22.4 Å². The van der Waals surface area contributed by atoms with Gasteiger partial charge in [-0.25, -0.2) is 0 Å². The number of aromatic hydroxyl groups is 1. The summed E-state index contributed by atoms with van der Waals surface area (Å²) in [6.45, 7) is 0. The lowest BCUT2D eigenvalue weighted by Crippen LogP contribution is -2.10. The topological polar surface area (TPSA) is 56.3 Å². The van der Waals surface area contributed by atoms with Gasteiger partial charge in [0.2, 0.25) is 0 Å². The van der Waals surface area contributed by atoms with Gasteiger partial charge in [0.05, 0.1) is 5.69 Å². The lowest BCUT2D eigenvalue weighted by Gasteiger charge is -2.15. The summed E-state index contributed by atoms with van der Waals surface area (Å²) < 4.78 is 0. The van der Waals surface area contributed by atoms with Gasteiger partial charge in [0, 0.05) is 37.8 Å². The van der Waals surface area contributed by atoms with Gasteiger partial charge in [-0.1, -0.05) is 42.5 Å². The first-order valence-electron chi connectivity index (χ1n) is 7.81. The van der Waals surface area contributed by atoms with Gasteiger partial charge >= 0.3 is 0 Å². The van der Waals surface area contributed by atoms with Crippen LogP contribution in [0.3, 0.4) is 0 Å². The van der Waals surface area contributed by atoms with Crippen LogP contribution in [0.4, 0.5) is 5.69 Å². The van der Waals surface area contributed by atoms with E-state index >= 15 is 0 Å². The lowest BCUT2D eigenvalue weighted by atomic mass is 9.98. The number of aromatic amines is 1. The minimum Gasteiger partial charge on any atom is -0.507 e. The molecule has 3 aromatic rings. The summed E-state index contributed by atoms with van der Waals surface area (Å²) >= 11 is 0. The molecular weight excluding hydrogens is 300 g/mol. The van der Waals surface area contributed by atoms with Gasteiger partial charge in [-0.2, -0.15) is 0 Å². The molecule has 1 aromatic heterocycles. The molecule has 24 heavy (non-hydrogen) atoms. The molecule has 0 saturated heterocycles. The molecule has 4 nitrogen and oxygen atoms in total. The zero-order chi connectivity index (χ0) is 17.1. The Kier molecular flexibility index (Phi) is 4.38. The molecule has 0 aliphatic carbocycles. The Hall–Kier alpha value is -3.01. The molecule has 0 bridgehead atoms. The van der Waals surface area contributed by atoms with E-state index in [9.17, 15) is 9.90 Å². The number of pyridine rings is 1. The zero-order valence-corrected chi connectivity index (χ0v) is 13.8. The first-order chi connectivity index (χ1) is 11.5. The molecule has 3 rings (SSSR count). The Morgan fingerprint density at radius 3 is 2.29 bits per heavy atom. The van der Waals surface area contributed by atoms with Gasteiger partial charge in [-0.15, -0.1) is 0 Å². The standard InChI is InChI=1S/C20H20N2O2/c1-22(2)16-10-8-15(9-11-16)20-17(18(23)13-19(24)21-20)12-14-6-4-3-5-7-14/h3-11,13H,12H2,1-2H3,(H2,21,23,24). The van der Waals surface area contributed by atoms with Crippen molar-refractivity contribution in [1.82, 2.24) is 4.98 Å². The van der Waals surface area contributed by atoms with E-state index in [1.807, 2.05) is 73.6 Å². The molecule has 0 unspecified atom stereocenters. The Morgan fingerprint density at radius 2 is 1.67 bits per heavy atom. The SMILES string of the molecule is CN(C)c1ccc(-c2[nH]c(=O)cc(O)c2Cc2ccccc2)cc1. The largest absolute Gasteiger partial charge is 0.507 e. The molecule has 0 fully saturated rings. The quantitative estimate of drug-likeness (QED) is 0.774. The summed E-state index contributed by atoms with van der Waals surface area (Å²) in [5.41, 5.74) is 4.10. The van der Waals surface area contributed by atoms with Crippen molar-refractivity contribution < 1.29 is 5.11 Å². The van der Waals surface area contributed by atoms with Crippen LogP contribution >= 0.6 is 0 Å². The van der Waals surface area contributed by atoms with Crippen LogP contribution in [0.15, 0.2) is 65.5 Å². The first-order valence-corrected chi connectivity index (χ1v) is 7.81. The van der Waals surface area contributed by atoms with Crippen molar-refractivity contribution in [2.75, 3.05) is 19.0 Å². The van der Waals surface area contributed by atoms with E-state index in [-0.39, 0.29) is 11.3 Å².